The Morgan fingerprint density at radius 1 is 1.16 bits per heavy atom. The van der Waals surface area contributed by atoms with E-state index in [4.69, 9.17) is 4.74 Å². The number of hydrogen-bond donors (Lipinski definition) is 2. The molecule has 6 heteroatoms. The second kappa shape index (κ2) is 8.30. The molecule has 1 amide bonds. The van der Waals surface area contributed by atoms with Crippen LogP contribution >= 0.6 is 0 Å². The maximum absolute atomic E-state index is 12.9. The molecule has 0 aliphatic heterocycles. The highest BCUT2D eigenvalue weighted by molar-refractivity contribution is 5.94. The average Bonchev–Trinajstić information content (AvgIpc) is 3.42. The molecule has 0 radical (unpaired) electrons. The first-order valence-corrected chi connectivity index (χ1v) is 10.4. The molecular weight excluding hydrogens is 388 g/mol. The number of H-pyrrole nitrogens is 1. The topological polar surface area (TPSA) is 71.9 Å². The largest absolute Gasteiger partial charge is 0.497 e. The number of hydrogen-bond acceptors (Lipinski definition) is 3. The number of para-hydroxylation sites is 1. The first kappa shape index (κ1) is 20.7. The molecule has 2 N–H and O–H groups in total. The van der Waals surface area contributed by atoms with Crippen molar-refractivity contribution in [3.05, 3.63) is 83.8 Å². The van der Waals surface area contributed by atoms with Crippen molar-refractivity contribution in [1.29, 1.82) is 0 Å². The van der Waals surface area contributed by atoms with Crippen molar-refractivity contribution in [3.63, 3.8) is 0 Å². The van der Waals surface area contributed by atoms with Gasteiger partial charge in [0, 0.05) is 35.8 Å². The number of nitrogens with zero attached hydrogens (tertiary/aromatic N) is 2. The normalized spacial score (nSPS) is 12.6. The number of fused-ring (bicyclic) bond motifs is 1. The molecule has 6 nitrogen and oxygen atoms in total. The fourth-order valence-corrected chi connectivity index (χ4v) is 3.73. The fourth-order valence-electron chi connectivity index (χ4n) is 3.73. The van der Waals surface area contributed by atoms with E-state index in [9.17, 15) is 4.79 Å². The van der Waals surface area contributed by atoms with Crippen LogP contribution in [0.1, 0.15) is 48.2 Å². The molecule has 1 atom stereocenters. The van der Waals surface area contributed by atoms with Gasteiger partial charge >= 0.3 is 0 Å². The van der Waals surface area contributed by atoms with E-state index >= 15 is 0 Å². The highest BCUT2D eigenvalue weighted by atomic mass is 16.5. The van der Waals surface area contributed by atoms with Gasteiger partial charge in [0.1, 0.15) is 5.75 Å². The summed E-state index contributed by atoms with van der Waals surface area (Å²) in [5.74, 6) is 0.664. The van der Waals surface area contributed by atoms with Gasteiger partial charge in [-0.3, -0.25) is 9.48 Å². The van der Waals surface area contributed by atoms with Crippen LogP contribution in [0.3, 0.4) is 0 Å². The molecule has 4 rings (SSSR count). The average molecular weight is 417 g/mol. The second-order valence-electron chi connectivity index (χ2n) is 8.67. The van der Waals surface area contributed by atoms with Gasteiger partial charge in [0.05, 0.1) is 24.4 Å². The van der Waals surface area contributed by atoms with Gasteiger partial charge in [0.2, 0.25) is 0 Å². The molecule has 0 aliphatic carbocycles. The lowest BCUT2D eigenvalue weighted by atomic mass is 9.90. The van der Waals surface area contributed by atoms with Gasteiger partial charge in [-0.2, -0.15) is 5.10 Å². The van der Waals surface area contributed by atoms with Crippen molar-refractivity contribution >= 4 is 16.8 Å². The molecular formula is C25H28N4O2. The zero-order chi connectivity index (χ0) is 22.0. The molecule has 0 saturated carbocycles. The maximum atomic E-state index is 12.9. The standard InChI is InChI=1S/C25H28N4O2/c1-25(2,3)29-16-18(13-28-29)24(30)27-14-21(17-9-11-19(31-4)12-10-17)22-15-26-23-8-6-5-7-20(22)23/h5-13,15-16,21,26H,14H2,1-4H3,(H,27,30). The molecule has 0 spiro atoms. The van der Waals surface area contributed by atoms with E-state index in [1.807, 2.05) is 35.1 Å². The quantitative estimate of drug-likeness (QED) is 0.479. The highest BCUT2D eigenvalue weighted by Gasteiger charge is 2.21. The third-order valence-electron chi connectivity index (χ3n) is 5.51. The van der Waals surface area contributed by atoms with Gasteiger partial charge in [0.15, 0.2) is 0 Å². The predicted octanol–water partition coefficient (Wildman–Crippen LogP) is 4.69. The number of amides is 1. The Hall–Kier alpha value is -3.54. The molecule has 2 heterocycles. The van der Waals surface area contributed by atoms with E-state index in [-0.39, 0.29) is 17.4 Å². The fraction of sp³-hybridized carbons (Fsp3) is 0.280. The molecule has 0 aliphatic rings. The summed E-state index contributed by atoms with van der Waals surface area (Å²) in [6, 6.07) is 16.2. The van der Waals surface area contributed by atoms with Crippen LogP contribution in [-0.4, -0.2) is 34.3 Å². The summed E-state index contributed by atoms with van der Waals surface area (Å²) < 4.78 is 7.12. The second-order valence-corrected chi connectivity index (χ2v) is 8.67. The number of rotatable bonds is 6. The molecule has 1 unspecified atom stereocenters. The number of carbonyl (C=O) groups excluding carboxylic acids is 1. The zero-order valence-electron chi connectivity index (χ0n) is 18.3. The summed E-state index contributed by atoms with van der Waals surface area (Å²) in [5, 5.41) is 8.60. The van der Waals surface area contributed by atoms with E-state index in [2.05, 4.69) is 60.4 Å². The Morgan fingerprint density at radius 2 is 1.90 bits per heavy atom. The molecule has 2 aromatic carbocycles. The summed E-state index contributed by atoms with van der Waals surface area (Å²) in [5.41, 5.74) is 3.72. The third kappa shape index (κ3) is 4.33. The number of nitrogens with one attached hydrogen (secondary N) is 2. The number of aromatic amines is 1. The number of methoxy groups -OCH3 is 1. The molecule has 31 heavy (non-hydrogen) atoms. The van der Waals surface area contributed by atoms with Crippen LogP contribution in [0.4, 0.5) is 0 Å². The van der Waals surface area contributed by atoms with E-state index in [0.717, 1.165) is 27.8 Å². The summed E-state index contributed by atoms with van der Waals surface area (Å²) >= 11 is 0. The maximum Gasteiger partial charge on any atom is 0.254 e. The summed E-state index contributed by atoms with van der Waals surface area (Å²) in [4.78, 5) is 16.2. The van der Waals surface area contributed by atoms with Gasteiger partial charge in [-0.1, -0.05) is 30.3 Å². The van der Waals surface area contributed by atoms with Crippen LogP contribution < -0.4 is 10.1 Å². The van der Waals surface area contributed by atoms with Gasteiger partial charge in [-0.25, -0.2) is 0 Å². The summed E-state index contributed by atoms with van der Waals surface area (Å²) in [7, 11) is 1.66. The molecule has 2 aromatic heterocycles. The van der Waals surface area contributed by atoms with Crippen molar-refractivity contribution in [1.82, 2.24) is 20.1 Å². The lowest BCUT2D eigenvalue weighted by molar-refractivity contribution is 0.0952. The summed E-state index contributed by atoms with van der Waals surface area (Å²) in [6.07, 6.45) is 5.45. The SMILES string of the molecule is COc1ccc(C(CNC(=O)c2cnn(C(C)(C)C)c2)c2c[nH]c3ccccc23)cc1. The Labute approximate surface area is 182 Å². The Kier molecular flexibility index (Phi) is 5.55. The first-order valence-electron chi connectivity index (χ1n) is 10.4. The van der Waals surface area contributed by atoms with Crippen molar-refractivity contribution in [2.45, 2.75) is 32.2 Å². The lowest BCUT2D eigenvalue weighted by Gasteiger charge is -2.19. The molecule has 0 fully saturated rings. The molecule has 0 bridgehead atoms. The van der Waals surface area contributed by atoms with Crippen molar-refractivity contribution in [3.8, 4) is 5.75 Å². The Bertz CT molecular complexity index is 1180. The predicted molar refractivity (Wildman–Crippen MR) is 123 cm³/mol. The van der Waals surface area contributed by atoms with Crippen LogP contribution in [-0.2, 0) is 5.54 Å². The Balaban J connectivity index is 1.61. The van der Waals surface area contributed by atoms with Gasteiger partial charge in [-0.05, 0) is 50.1 Å². The zero-order valence-corrected chi connectivity index (χ0v) is 18.3. The van der Waals surface area contributed by atoms with Crippen molar-refractivity contribution in [2.75, 3.05) is 13.7 Å². The van der Waals surface area contributed by atoms with E-state index in [0.29, 0.717) is 12.1 Å². The van der Waals surface area contributed by atoms with Crippen LogP contribution in [0.5, 0.6) is 5.75 Å². The van der Waals surface area contributed by atoms with E-state index in [1.165, 1.54) is 0 Å². The first-order chi connectivity index (χ1) is 14.9. The van der Waals surface area contributed by atoms with Gasteiger partial charge in [0.25, 0.3) is 5.91 Å². The summed E-state index contributed by atoms with van der Waals surface area (Å²) in [6.45, 7) is 6.63. The number of benzene rings is 2. The minimum Gasteiger partial charge on any atom is -0.497 e. The van der Waals surface area contributed by atoms with Crippen LogP contribution in [0.15, 0.2) is 67.1 Å². The van der Waals surface area contributed by atoms with Crippen LogP contribution in [0.2, 0.25) is 0 Å². The molecule has 160 valence electrons. The monoisotopic (exact) mass is 416 g/mol. The number of aromatic nitrogens is 3. The molecule has 0 saturated heterocycles. The van der Waals surface area contributed by atoms with E-state index < -0.39 is 0 Å². The van der Waals surface area contributed by atoms with Gasteiger partial charge < -0.3 is 15.0 Å². The Morgan fingerprint density at radius 3 is 2.58 bits per heavy atom. The minimum atomic E-state index is -0.172. The van der Waals surface area contributed by atoms with Crippen molar-refractivity contribution < 1.29 is 9.53 Å². The third-order valence-corrected chi connectivity index (χ3v) is 5.51. The lowest BCUT2D eigenvalue weighted by Crippen LogP contribution is -2.29. The molecule has 4 aromatic rings. The number of carbonyl (C=O) groups is 1. The smallest absolute Gasteiger partial charge is 0.254 e. The van der Waals surface area contributed by atoms with Gasteiger partial charge in [-0.15, -0.1) is 0 Å². The highest BCUT2D eigenvalue weighted by Crippen LogP contribution is 2.31. The minimum absolute atomic E-state index is 0.0105. The van der Waals surface area contributed by atoms with E-state index in [1.54, 1.807) is 19.5 Å². The van der Waals surface area contributed by atoms with Crippen LogP contribution in [0.25, 0.3) is 10.9 Å². The number of ether oxygens (including phenoxy) is 1. The van der Waals surface area contributed by atoms with Crippen LogP contribution in [0, 0.1) is 0 Å². The van der Waals surface area contributed by atoms with Crippen molar-refractivity contribution in [2.24, 2.45) is 0 Å².